The molecular weight excluding hydrogens is 469 g/mol. The number of nitrogens with zero attached hydrogens (tertiary/aromatic N) is 1. The van der Waals surface area contributed by atoms with Gasteiger partial charge in [0.15, 0.2) is 0 Å². The number of halogens is 2. The van der Waals surface area contributed by atoms with Crippen LogP contribution in [-0.4, -0.2) is 24.8 Å². The van der Waals surface area contributed by atoms with Crippen molar-refractivity contribution in [1.29, 1.82) is 0 Å². The molecule has 2 aromatic carbocycles. The van der Waals surface area contributed by atoms with E-state index in [0.29, 0.717) is 22.0 Å². The van der Waals surface area contributed by atoms with Crippen molar-refractivity contribution in [2.45, 2.75) is 6.54 Å². The van der Waals surface area contributed by atoms with Gasteiger partial charge in [-0.1, -0.05) is 23.2 Å². The van der Waals surface area contributed by atoms with Crippen molar-refractivity contribution >= 4 is 52.3 Å². The SMILES string of the molecule is COc1ccc(Cl)cc1N1C(=O)C(Cl)=C(Nc2ccc(C(=O)NCc3ccco3)cc2)C1=O. The molecule has 33 heavy (non-hydrogen) atoms. The van der Waals surface area contributed by atoms with E-state index in [-0.39, 0.29) is 34.6 Å². The van der Waals surface area contributed by atoms with Gasteiger partial charge in [0.2, 0.25) is 0 Å². The van der Waals surface area contributed by atoms with E-state index in [0.717, 1.165) is 4.90 Å². The minimum Gasteiger partial charge on any atom is -0.495 e. The van der Waals surface area contributed by atoms with Gasteiger partial charge in [0.25, 0.3) is 17.7 Å². The summed E-state index contributed by atoms with van der Waals surface area (Å²) >= 11 is 12.2. The van der Waals surface area contributed by atoms with Crippen LogP contribution in [0.3, 0.4) is 0 Å². The summed E-state index contributed by atoms with van der Waals surface area (Å²) < 4.78 is 10.4. The number of methoxy groups -OCH3 is 1. The van der Waals surface area contributed by atoms with Gasteiger partial charge < -0.3 is 19.8 Å². The Morgan fingerprint density at radius 2 is 1.82 bits per heavy atom. The number of carbonyl (C=O) groups excluding carboxylic acids is 3. The summed E-state index contributed by atoms with van der Waals surface area (Å²) in [6, 6.07) is 14.4. The maximum atomic E-state index is 13.0. The number of furan rings is 1. The third-order valence-electron chi connectivity index (χ3n) is 4.83. The second-order valence-electron chi connectivity index (χ2n) is 6.92. The molecule has 2 N–H and O–H groups in total. The molecule has 3 amide bonds. The highest BCUT2D eigenvalue weighted by molar-refractivity contribution is 6.53. The number of carbonyl (C=O) groups is 3. The lowest BCUT2D eigenvalue weighted by molar-refractivity contribution is -0.120. The van der Waals surface area contributed by atoms with Crippen LogP contribution in [0.2, 0.25) is 5.02 Å². The number of amides is 3. The molecule has 0 saturated carbocycles. The normalized spacial score (nSPS) is 13.5. The van der Waals surface area contributed by atoms with E-state index >= 15 is 0 Å². The zero-order chi connectivity index (χ0) is 23.5. The van der Waals surface area contributed by atoms with Crippen molar-refractivity contribution < 1.29 is 23.5 Å². The number of imide groups is 1. The molecule has 0 fully saturated rings. The van der Waals surface area contributed by atoms with Crippen LogP contribution in [-0.2, 0) is 16.1 Å². The molecule has 0 bridgehead atoms. The van der Waals surface area contributed by atoms with Crippen molar-refractivity contribution in [3.05, 3.63) is 87.9 Å². The van der Waals surface area contributed by atoms with Gasteiger partial charge in [0, 0.05) is 16.3 Å². The van der Waals surface area contributed by atoms with E-state index in [1.807, 2.05) is 0 Å². The Morgan fingerprint density at radius 1 is 1.06 bits per heavy atom. The van der Waals surface area contributed by atoms with Gasteiger partial charge in [-0.15, -0.1) is 0 Å². The molecule has 0 radical (unpaired) electrons. The third-order valence-corrected chi connectivity index (χ3v) is 5.41. The van der Waals surface area contributed by atoms with Crippen molar-refractivity contribution in [2.75, 3.05) is 17.3 Å². The van der Waals surface area contributed by atoms with Gasteiger partial charge in [-0.2, -0.15) is 0 Å². The van der Waals surface area contributed by atoms with Crippen molar-refractivity contribution in [3.63, 3.8) is 0 Å². The number of ether oxygens (including phenoxy) is 1. The predicted molar refractivity (Wildman–Crippen MR) is 123 cm³/mol. The minimum atomic E-state index is -0.710. The number of rotatable bonds is 7. The summed E-state index contributed by atoms with van der Waals surface area (Å²) in [6.45, 7) is 0.258. The summed E-state index contributed by atoms with van der Waals surface area (Å²) in [7, 11) is 1.41. The lowest BCUT2D eigenvalue weighted by Gasteiger charge is -2.18. The average molecular weight is 486 g/mol. The molecule has 1 aromatic heterocycles. The first-order chi connectivity index (χ1) is 15.9. The molecule has 10 heteroatoms. The summed E-state index contributed by atoms with van der Waals surface area (Å²) in [5.74, 6) is -0.740. The summed E-state index contributed by atoms with van der Waals surface area (Å²) in [5.41, 5.74) is 0.954. The molecule has 1 aliphatic rings. The van der Waals surface area contributed by atoms with E-state index in [4.69, 9.17) is 32.4 Å². The molecule has 0 aliphatic carbocycles. The molecular formula is C23H17Cl2N3O5. The van der Waals surface area contributed by atoms with Crippen LogP contribution >= 0.6 is 23.2 Å². The highest BCUT2D eigenvalue weighted by Crippen LogP contribution is 2.37. The van der Waals surface area contributed by atoms with Crippen LogP contribution < -0.4 is 20.3 Å². The standard InChI is InChI=1S/C23H17Cl2N3O5/c1-32-18-9-6-14(24)11-17(18)28-22(30)19(25)20(23(28)31)27-15-7-4-13(5-8-15)21(29)26-12-16-3-2-10-33-16/h2-11,27H,12H2,1H3,(H,26,29). The number of nitrogens with one attached hydrogen (secondary N) is 2. The molecule has 3 aromatic rings. The number of anilines is 2. The second kappa shape index (κ2) is 9.40. The fourth-order valence-corrected chi connectivity index (χ4v) is 3.58. The van der Waals surface area contributed by atoms with Crippen LogP contribution in [0, 0.1) is 0 Å². The largest absolute Gasteiger partial charge is 0.495 e. The Kier molecular flexibility index (Phi) is 6.39. The number of hydrogen-bond donors (Lipinski definition) is 2. The van der Waals surface area contributed by atoms with Gasteiger partial charge in [0.05, 0.1) is 25.6 Å². The quantitative estimate of drug-likeness (QED) is 0.483. The first-order valence-electron chi connectivity index (χ1n) is 9.69. The smallest absolute Gasteiger partial charge is 0.283 e. The van der Waals surface area contributed by atoms with Crippen molar-refractivity contribution in [1.82, 2.24) is 5.32 Å². The molecule has 2 heterocycles. The number of hydrogen-bond acceptors (Lipinski definition) is 6. The predicted octanol–water partition coefficient (Wildman–Crippen LogP) is 4.31. The Bertz CT molecular complexity index is 1250. The molecule has 168 valence electrons. The van der Waals surface area contributed by atoms with Crippen molar-refractivity contribution in [2.24, 2.45) is 0 Å². The van der Waals surface area contributed by atoms with E-state index in [1.165, 1.54) is 19.4 Å². The fraction of sp³-hybridized carbons (Fsp3) is 0.0870. The molecule has 8 nitrogen and oxygen atoms in total. The molecule has 4 rings (SSSR count). The van der Waals surface area contributed by atoms with Crippen LogP contribution in [0.25, 0.3) is 0 Å². The maximum absolute atomic E-state index is 13.0. The van der Waals surface area contributed by atoms with Crippen LogP contribution in [0.15, 0.2) is 76.0 Å². The maximum Gasteiger partial charge on any atom is 0.283 e. The van der Waals surface area contributed by atoms with Gasteiger partial charge in [-0.25, -0.2) is 4.90 Å². The van der Waals surface area contributed by atoms with Gasteiger partial charge in [-0.3, -0.25) is 14.4 Å². The Hall–Kier alpha value is -3.75. The van der Waals surface area contributed by atoms with E-state index < -0.39 is 11.8 Å². The third kappa shape index (κ3) is 4.57. The average Bonchev–Trinajstić information content (AvgIpc) is 3.41. The first kappa shape index (κ1) is 22.4. The van der Waals surface area contributed by atoms with E-state index in [2.05, 4.69) is 10.6 Å². The van der Waals surface area contributed by atoms with Crippen LogP contribution in [0.5, 0.6) is 5.75 Å². The number of benzene rings is 2. The fourth-order valence-electron chi connectivity index (χ4n) is 3.20. The Balaban J connectivity index is 1.48. The molecule has 0 spiro atoms. The monoisotopic (exact) mass is 485 g/mol. The van der Waals surface area contributed by atoms with Gasteiger partial charge >= 0.3 is 0 Å². The Labute approximate surface area is 198 Å². The summed E-state index contributed by atoms with van der Waals surface area (Å²) in [4.78, 5) is 38.9. The first-order valence-corrected chi connectivity index (χ1v) is 10.4. The molecule has 1 aliphatic heterocycles. The zero-order valence-corrected chi connectivity index (χ0v) is 18.7. The highest BCUT2D eigenvalue weighted by atomic mass is 35.5. The lowest BCUT2D eigenvalue weighted by atomic mass is 10.2. The second-order valence-corrected chi connectivity index (χ2v) is 7.73. The van der Waals surface area contributed by atoms with Crippen LogP contribution in [0.4, 0.5) is 11.4 Å². The highest BCUT2D eigenvalue weighted by Gasteiger charge is 2.40. The Morgan fingerprint density at radius 3 is 2.48 bits per heavy atom. The lowest BCUT2D eigenvalue weighted by Crippen LogP contribution is -2.32. The molecule has 0 unspecified atom stereocenters. The topological polar surface area (TPSA) is 101 Å². The van der Waals surface area contributed by atoms with Gasteiger partial charge in [-0.05, 0) is 54.6 Å². The summed E-state index contributed by atoms with van der Waals surface area (Å²) in [6.07, 6.45) is 1.53. The zero-order valence-electron chi connectivity index (χ0n) is 17.2. The minimum absolute atomic E-state index is 0.0984. The summed E-state index contributed by atoms with van der Waals surface area (Å²) in [5, 5.41) is 5.65. The van der Waals surface area contributed by atoms with E-state index in [9.17, 15) is 14.4 Å². The van der Waals surface area contributed by atoms with E-state index in [1.54, 1.807) is 48.5 Å². The van der Waals surface area contributed by atoms with Crippen molar-refractivity contribution in [3.8, 4) is 5.75 Å². The molecule has 0 atom stereocenters. The molecule has 0 saturated heterocycles. The van der Waals surface area contributed by atoms with Gasteiger partial charge in [0.1, 0.15) is 22.2 Å². The van der Waals surface area contributed by atoms with Crippen LogP contribution in [0.1, 0.15) is 16.1 Å².